The largest absolute Gasteiger partial charge is 0.323 e. The van der Waals surface area contributed by atoms with Crippen LogP contribution in [0.5, 0.6) is 0 Å². The van der Waals surface area contributed by atoms with Crippen molar-refractivity contribution in [1.29, 1.82) is 0 Å². The Morgan fingerprint density at radius 2 is 2.30 bits per heavy atom. The van der Waals surface area contributed by atoms with Crippen LogP contribution in [0.4, 0.5) is 4.39 Å². The smallest absolute Gasteiger partial charge is 0.127 e. The fourth-order valence-corrected chi connectivity index (χ4v) is 2.70. The number of rotatable bonds is 6. The number of nitrogens with zero attached hydrogens (tertiary/aromatic N) is 2. The second kappa shape index (κ2) is 6.41. The summed E-state index contributed by atoms with van der Waals surface area (Å²) in [7, 11) is 0. The molecule has 0 amide bonds. The van der Waals surface area contributed by atoms with E-state index in [0.717, 1.165) is 29.1 Å². The Bertz CT molecular complexity index is 621. The van der Waals surface area contributed by atoms with Gasteiger partial charge in [-0.25, -0.2) is 9.37 Å². The van der Waals surface area contributed by atoms with E-state index in [-0.39, 0.29) is 11.9 Å². The highest BCUT2D eigenvalue weighted by atomic mass is 32.2. The SMILES string of the molecule is C=C(C)Cn1c(C(N)CCSC)nc2cc(F)ccc21. The zero-order valence-electron chi connectivity index (χ0n) is 11.9. The molecule has 0 aliphatic heterocycles. The number of thioether (sulfide) groups is 1. The molecule has 2 N–H and O–H groups in total. The zero-order valence-corrected chi connectivity index (χ0v) is 12.7. The van der Waals surface area contributed by atoms with Gasteiger partial charge in [0.2, 0.25) is 0 Å². The standard InChI is InChI=1S/C15H20FN3S/c1-10(2)9-19-14-5-4-11(16)8-13(14)18-15(19)12(17)6-7-20-3/h4-5,8,12H,1,6-7,9,17H2,2-3H3. The summed E-state index contributed by atoms with van der Waals surface area (Å²) in [6, 6.07) is 4.52. The van der Waals surface area contributed by atoms with Crippen molar-refractivity contribution in [2.45, 2.75) is 25.9 Å². The van der Waals surface area contributed by atoms with Crippen molar-refractivity contribution in [2.75, 3.05) is 12.0 Å². The zero-order chi connectivity index (χ0) is 14.7. The molecule has 0 bridgehead atoms. The molecule has 0 aliphatic carbocycles. The third-order valence-electron chi connectivity index (χ3n) is 3.13. The van der Waals surface area contributed by atoms with Crippen molar-refractivity contribution in [2.24, 2.45) is 5.73 Å². The first-order valence-electron chi connectivity index (χ1n) is 6.57. The second-order valence-electron chi connectivity index (χ2n) is 5.03. The highest BCUT2D eigenvalue weighted by Gasteiger charge is 2.17. The minimum Gasteiger partial charge on any atom is -0.323 e. The highest BCUT2D eigenvalue weighted by Crippen LogP contribution is 2.24. The van der Waals surface area contributed by atoms with Crippen LogP contribution >= 0.6 is 11.8 Å². The van der Waals surface area contributed by atoms with Gasteiger partial charge in [0.05, 0.1) is 17.1 Å². The van der Waals surface area contributed by atoms with E-state index in [1.54, 1.807) is 17.8 Å². The average molecular weight is 293 g/mol. The molecule has 1 heterocycles. The molecule has 1 atom stereocenters. The predicted octanol–water partition coefficient (Wildman–Crippen LogP) is 3.50. The number of allylic oxidation sites excluding steroid dienone is 1. The summed E-state index contributed by atoms with van der Waals surface area (Å²) in [6.07, 6.45) is 2.90. The topological polar surface area (TPSA) is 43.8 Å². The van der Waals surface area contributed by atoms with Gasteiger partial charge in [-0.05, 0) is 37.5 Å². The van der Waals surface area contributed by atoms with Gasteiger partial charge in [-0.15, -0.1) is 0 Å². The van der Waals surface area contributed by atoms with E-state index < -0.39 is 0 Å². The van der Waals surface area contributed by atoms with E-state index >= 15 is 0 Å². The maximum Gasteiger partial charge on any atom is 0.127 e. The molecule has 108 valence electrons. The Morgan fingerprint density at radius 1 is 1.55 bits per heavy atom. The summed E-state index contributed by atoms with van der Waals surface area (Å²) in [6.45, 7) is 6.57. The Labute approximate surface area is 123 Å². The molecule has 0 spiro atoms. The minimum absolute atomic E-state index is 0.141. The van der Waals surface area contributed by atoms with Gasteiger partial charge in [-0.2, -0.15) is 11.8 Å². The quantitative estimate of drug-likeness (QED) is 0.829. The molecular formula is C15H20FN3S. The van der Waals surface area contributed by atoms with E-state index in [1.807, 2.05) is 11.5 Å². The van der Waals surface area contributed by atoms with Crippen LogP contribution in [0.2, 0.25) is 0 Å². The number of benzene rings is 1. The Balaban J connectivity index is 2.47. The normalized spacial score (nSPS) is 12.8. The summed E-state index contributed by atoms with van der Waals surface area (Å²) < 4.78 is 15.4. The molecule has 1 aromatic heterocycles. The number of hydrogen-bond acceptors (Lipinski definition) is 3. The summed E-state index contributed by atoms with van der Waals surface area (Å²) in [5.41, 5.74) is 8.82. The first-order chi connectivity index (χ1) is 9.52. The average Bonchev–Trinajstić information content (AvgIpc) is 2.73. The Morgan fingerprint density at radius 3 is 2.95 bits per heavy atom. The number of fused-ring (bicyclic) bond motifs is 1. The molecule has 2 rings (SSSR count). The summed E-state index contributed by atoms with van der Waals surface area (Å²) in [5, 5.41) is 0. The van der Waals surface area contributed by atoms with Gasteiger partial charge in [-0.1, -0.05) is 12.2 Å². The lowest BCUT2D eigenvalue weighted by Crippen LogP contribution is -2.18. The lowest BCUT2D eigenvalue weighted by molar-refractivity contribution is 0.607. The fraction of sp³-hybridized carbons (Fsp3) is 0.400. The van der Waals surface area contributed by atoms with Crippen molar-refractivity contribution < 1.29 is 4.39 Å². The van der Waals surface area contributed by atoms with Gasteiger partial charge < -0.3 is 10.3 Å². The van der Waals surface area contributed by atoms with Crippen LogP contribution in [-0.2, 0) is 6.54 Å². The Hall–Kier alpha value is -1.33. The number of nitrogens with two attached hydrogens (primary N) is 1. The van der Waals surface area contributed by atoms with Crippen LogP contribution in [0.15, 0.2) is 30.4 Å². The second-order valence-corrected chi connectivity index (χ2v) is 6.02. The van der Waals surface area contributed by atoms with E-state index in [0.29, 0.717) is 12.1 Å². The molecule has 5 heteroatoms. The van der Waals surface area contributed by atoms with Crippen molar-refractivity contribution in [1.82, 2.24) is 9.55 Å². The fourth-order valence-electron chi connectivity index (χ4n) is 2.21. The molecule has 1 unspecified atom stereocenters. The van der Waals surface area contributed by atoms with Crippen LogP contribution in [-0.4, -0.2) is 21.6 Å². The molecule has 20 heavy (non-hydrogen) atoms. The summed E-state index contributed by atoms with van der Waals surface area (Å²) in [4.78, 5) is 4.53. The molecule has 0 aliphatic rings. The molecule has 0 saturated heterocycles. The molecular weight excluding hydrogens is 273 g/mol. The summed E-state index contributed by atoms with van der Waals surface area (Å²) in [5.74, 6) is 1.51. The van der Waals surface area contributed by atoms with Gasteiger partial charge >= 0.3 is 0 Å². The molecule has 1 aromatic carbocycles. The number of hydrogen-bond donors (Lipinski definition) is 1. The third kappa shape index (κ3) is 3.22. The van der Waals surface area contributed by atoms with Crippen LogP contribution < -0.4 is 5.73 Å². The number of imidazole rings is 1. The van der Waals surface area contributed by atoms with Crippen LogP contribution in [0.1, 0.15) is 25.2 Å². The van der Waals surface area contributed by atoms with Crippen molar-refractivity contribution >= 4 is 22.8 Å². The maximum absolute atomic E-state index is 13.3. The molecule has 2 aromatic rings. The lowest BCUT2D eigenvalue weighted by Gasteiger charge is -2.14. The minimum atomic E-state index is -0.276. The molecule has 0 radical (unpaired) electrons. The van der Waals surface area contributed by atoms with E-state index in [9.17, 15) is 4.39 Å². The van der Waals surface area contributed by atoms with Crippen molar-refractivity contribution in [3.63, 3.8) is 0 Å². The molecule has 0 fully saturated rings. The number of aromatic nitrogens is 2. The maximum atomic E-state index is 13.3. The number of halogens is 1. The van der Waals surface area contributed by atoms with E-state index in [1.165, 1.54) is 12.1 Å². The highest BCUT2D eigenvalue weighted by molar-refractivity contribution is 7.98. The summed E-state index contributed by atoms with van der Waals surface area (Å²) >= 11 is 1.76. The third-order valence-corrected chi connectivity index (χ3v) is 3.78. The predicted molar refractivity (Wildman–Crippen MR) is 84.4 cm³/mol. The molecule has 3 nitrogen and oxygen atoms in total. The van der Waals surface area contributed by atoms with E-state index in [2.05, 4.69) is 17.8 Å². The van der Waals surface area contributed by atoms with Gasteiger partial charge in [0.1, 0.15) is 11.6 Å². The van der Waals surface area contributed by atoms with Crippen LogP contribution in [0.3, 0.4) is 0 Å². The lowest BCUT2D eigenvalue weighted by atomic mass is 10.2. The van der Waals surface area contributed by atoms with Gasteiger partial charge in [0, 0.05) is 12.6 Å². The van der Waals surface area contributed by atoms with E-state index in [4.69, 9.17) is 5.73 Å². The van der Waals surface area contributed by atoms with Gasteiger partial charge in [0.15, 0.2) is 0 Å². The van der Waals surface area contributed by atoms with Crippen molar-refractivity contribution in [3.05, 3.63) is 42.0 Å². The Kier molecular flexibility index (Phi) is 4.83. The van der Waals surface area contributed by atoms with Crippen LogP contribution in [0.25, 0.3) is 11.0 Å². The van der Waals surface area contributed by atoms with Gasteiger partial charge in [-0.3, -0.25) is 0 Å². The first-order valence-corrected chi connectivity index (χ1v) is 7.97. The molecule has 0 saturated carbocycles. The van der Waals surface area contributed by atoms with Crippen LogP contribution in [0, 0.1) is 5.82 Å². The van der Waals surface area contributed by atoms with Gasteiger partial charge in [0.25, 0.3) is 0 Å². The first kappa shape index (κ1) is 15.1. The monoisotopic (exact) mass is 293 g/mol. The van der Waals surface area contributed by atoms with Crippen molar-refractivity contribution in [3.8, 4) is 0 Å².